The smallest absolute Gasteiger partial charge is 0.387 e. The maximum absolute atomic E-state index is 12.7. The van der Waals surface area contributed by atoms with Crippen LogP contribution in [0.4, 0.5) is 8.78 Å². The quantitative estimate of drug-likeness (QED) is 0.794. The number of para-hydroxylation sites is 1. The molecule has 2 atom stereocenters. The van der Waals surface area contributed by atoms with Gasteiger partial charge in [0.25, 0.3) is 0 Å². The normalized spacial score (nSPS) is 31.0. The minimum Gasteiger partial charge on any atom is -0.434 e. The minimum atomic E-state index is -2.95. The molecule has 0 aromatic heterocycles. The number of hydrogen-bond acceptors (Lipinski definition) is 3. The summed E-state index contributed by atoms with van der Waals surface area (Å²) in [5.41, 5.74) is 0.207. The molecular weight excluding hydrogens is 310 g/mol. The minimum absolute atomic E-state index is 0.0700. The average molecular weight is 328 g/mol. The molecule has 0 aliphatic carbocycles. The number of fused-ring (bicyclic) bond motifs is 2. The number of halogens is 2. The Bertz CT molecular complexity index is 575. The standard InChI is InChI=1S/C16H18F2O3S/c17-16(18)21-14-7-2-1-6-13(14)15(19)10-8-11-4-3-5-12(9-10)22(11)20/h1-2,6-7,10-12,16H,3-5,8-9H2. The van der Waals surface area contributed by atoms with E-state index >= 15 is 0 Å². The Kier molecular flexibility index (Phi) is 4.57. The van der Waals surface area contributed by atoms with Crippen LogP contribution in [0.2, 0.25) is 0 Å². The molecule has 3 rings (SSSR count). The van der Waals surface area contributed by atoms with Crippen molar-refractivity contribution in [2.24, 2.45) is 5.92 Å². The molecule has 0 N–H and O–H groups in total. The highest BCUT2D eigenvalue weighted by atomic mass is 32.2. The summed E-state index contributed by atoms with van der Waals surface area (Å²) in [6.45, 7) is -2.95. The molecule has 6 heteroatoms. The van der Waals surface area contributed by atoms with Gasteiger partial charge in [-0.05, 0) is 37.8 Å². The Morgan fingerprint density at radius 1 is 1.18 bits per heavy atom. The second-order valence-electron chi connectivity index (χ2n) is 5.91. The van der Waals surface area contributed by atoms with Crippen LogP contribution in [-0.4, -0.2) is 27.1 Å². The van der Waals surface area contributed by atoms with Gasteiger partial charge in [0.15, 0.2) is 5.78 Å². The molecule has 2 saturated heterocycles. The molecule has 0 spiro atoms. The zero-order chi connectivity index (χ0) is 15.7. The van der Waals surface area contributed by atoms with Crippen molar-refractivity contribution in [3.05, 3.63) is 29.8 Å². The lowest BCUT2D eigenvalue weighted by molar-refractivity contribution is -0.0502. The summed E-state index contributed by atoms with van der Waals surface area (Å²) < 4.78 is 41.6. The first-order chi connectivity index (χ1) is 10.6. The Labute approximate surface area is 130 Å². The Morgan fingerprint density at radius 3 is 2.45 bits per heavy atom. The lowest BCUT2D eigenvalue weighted by Gasteiger charge is -2.37. The Morgan fingerprint density at radius 2 is 1.82 bits per heavy atom. The zero-order valence-electron chi connectivity index (χ0n) is 12.0. The first-order valence-corrected chi connectivity index (χ1v) is 8.81. The predicted octanol–water partition coefficient (Wildman–Crippen LogP) is 3.55. The van der Waals surface area contributed by atoms with Crippen molar-refractivity contribution in [2.75, 3.05) is 0 Å². The number of rotatable bonds is 4. The SMILES string of the molecule is O=C(c1ccccc1OC(F)F)C1CC2CCCC(C1)S2=O. The van der Waals surface area contributed by atoms with E-state index in [1.54, 1.807) is 12.1 Å². The van der Waals surface area contributed by atoms with E-state index in [4.69, 9.17) is 0 Å². The van der Waals surface area contributed by atoms with Crippen molar-refractivity contribution >= 4 is 16.6 Å². The van der Waals surface area contributed by atoms with E-state index in [2.05, 4.69) is 4.74 Å². The number of Topliss-reactive ketones (excluding diaryl/α,β-unsaturated/α-hetero) is 1. The van der Waals surface area contributed by atoms with Crippen LogP contribution < -0.4 is 4.74 Å². The molecule has 1 aromatic carbocycles. The van der Waals surface area contributed by atoms with E-state index < -0.39 is 17.4 Å². The summed E-state index contributed by atoms with van der Waals surface area (Å²) in [5.74, 6) is -0.473. The third-order valence-electron chi connectivity index (χ3n) is 4.54. The van der Waals surface area contributed by atoms with Gasteiger partial charge < -0.3 is 4.74 Å². The van der Waals surface area contributed by atoms with Gasteiger partial charge in [0, 0.05) is 27.2 Å². The van der Waals surface area contributed by atoms with Crippen LogP contribution >= 0.6 is 0 Å². The molecule has 2 heterocycles. The molecule has 120 valence electrons. The van der Waals surface area contributed by atoms with Gasteiger partial charge in [-0.2, -0.15) is 8.78 Å². The molecule has 2 fully saturated rings. The Hall–Kier alpha value is -1.30. The number of carbonyl (C=O) groups is 1. The van der Waals surface area contributed by atoms with Crippen molar-refractivity contribution in [3.63, 3.8) is 0 Å². The van der Waals surface area contributed by atoms with Crippen molar-refractivity contribution in [1.82, 2.24) is 0 Å². The highest BCUT2D eigenvalue weighted by Crippen LogP contribution is 2.39. The fourth-order valence-electron chi connectivity index (χ4n) is 3.54. The first-order valence-electron chi connectivity index (χ1n) is 7.53. The third kappa shape index (κ3) is 3.07. The highest BCUT2D eigenvalue weighted by molar-refractivity contribution is 7.86. The molecule has 2 aliphatic rings. The molecule has 2 aliphatic heterocycles. The summed E-state index contributed by atoms with van der Waals surface area (Å²) in [4.78, 5) is 12.7. The van der Waals surface area contributed by atoms with Gasteiger partial charge in [0.2, 0.25) is 0 Å². The maximum Gasteiger partial charge on any atom is 0.387 e. The number of alkyl halides is 2. The monoisotopic (exact) mass is 328 g/mol. The highest BCUT2D eigenvalue weighted by Gasteiger charge is 2.41. The van der Waals surface area contributed by atoms with E-state index in [1.165, 1.54) is 12.1 Å². The molecular formula is C16H18F2O3S. The predicted molar refractivity (Wildman–Crippen MR) is 79.7 cm³/mol. The number of ketones is 1. The van der Waals surface area contributed by atoms with Crippen LogP contribution in [-0.2, 0) is 10.8 Å². The van der Waals surface area contributed by atoms with E-state index in [0.29, 0.717) is 12.8 Å². The molecule has 2 unspecified atom stereocenters. The van der Waals surface area contributed by atoms with Gasteiger partial charge in [0.05, 0.1) is 5.56 Å². The van der Waals surface area contributed by atoms with E-state index in [-0.39, 0.29) is 33.5 Å². The van der Waals surface area contributed by atoms with Crippen LogP contribution in [0.25, 0.3) is 0 Å². The second kappa shape index (κ2) is 6.44. The maximum atomic E-state index is 12.7. The van der Waals surface area contributed by atoms with Gasteiger partial charge in [-0.25, -0.2) is 0 Å². The fraction of sp³-hybridized carbons (Fsp3) is 0.562. The summed E-state index contributed by atoms with van der Waals surface area (Å²) in [6, 6.07) is 6.13. The van der Waals surface area contributed by atoms with Gasteiger partial charge in [-0.1, -0.05) is 18.6 Å². The zero-order valence-corrected chi connectivity index (χ0v) is 12.9. The molecule has 1 aromatic rings. The summed E-state index contributed by atoms with van der Waals surface area (Å²) in [6.07, 6.45) is 4.02. The number of carbonyl (C=O) groups excluding carboxylic acids is 1. The number of hydrogen-bond donors (Lipinski definition) is 0. The summed E-state index contributed by atoms with van der Waals surface area (Å²) in [5, 5.41) is 0.147. The van der Waals surface area contributed by atoms with Crippen LogP contribution in [0, 0.1) is 5.92 Å². The first kappa shape index (κ1) is 15.6. The average Bonchev–Trinajstić information content (AvgIpc) is 2.46. The Balaban J connectivity index is 1.81. The molecule has 2 bridgehead atoms. The molecule has 22 heavy (non-hydrogen) atoms. The van der Waals surface area contributed by atoms with Crippen molar-refractivity contribution in [3.8, 4) is 5.75 Å². The molecule has 3 nitrogen and oxygen atoms in total. The van der Waals surface area contributed by atoms with Gasteiger partial charge in [0.1, 0.15) is 5.75 Å². The van der Waals surface area contributed by atoms with Crippen molar-refractivity contribution in [2.45, 2.75) is 49.2 Å². The van der Waals surface area contributed by atoms with Gasteiger partial charge >= 0.3 is 6.61 Å². The number of ether oxygens (including phenoxy) is 1. The molecule has 0 radical (unpaired) electrons. The van der Waals surface area contributed by atoms with Gasteiger partial charge in [-0.3, -0.25) is 9.00 Å². The molecule has 0 amide bonds. The summed E-state index contributed by atoms with van der Waals surface area (Å²) >= 11 is 0. The largest absolute Gasteiger partial charge is 0.434 e. The van der Waals surface area contributed by atoms with Crippen LogP contribution in [0.3, 0.4) is 0 Å². The van der Waals surface area contributed by atoms with Gasteiger partial charge in [-0.15, -0.1) is 0 Å². The second-order valence-corrected chi connectivity index (χ2v) is 7.90. The van der Waals surface area contributed by atoms with E-state index in [9.17, 15) is 17.8 Å². The van der Waals surface area contributed by atoms with E-state index in [1.807, 2.05) is 0 Å². The fourth-order valence-corrected chi connectivity index (χ4v) is 5.72. The van der Waals surface area contributed by atoms with Crippen LogP contribution in [0.5, 0.6) is 5.75 Å². The van der Waals surface area contributed by atoms with Crippen molar-refractivity contribution < 1.29 is 22.5 Å². The molecule has 0 saturated carbocycles. The lowest BCUT2D eigenvalue weighted by atomic mass is 9.84. The summed E-state index contributed by atoms with van der Waals surface area (Å²) in [7, 11) is -0.848. The third-order valence-corrected chi connectivity index (χ3v) is 6.71. The lowest BCUT2D eigenvalue weighted by Crippen LogP contribution is -2.41. The van der Waals surface area contributed by atoms with E-state index in [0.717, 1.165) is 19.3 Å². The topological polar surface area (TPSA) is 43.4 Å². The van der Waals surface area contributed by atoms with Crippen LogP contribution in [0.15, 0.2) is 24.3 Å². The van der Waals surface area contributed by atoms with Crippen molar-refractivity contribution in [1.29, 1.82) is 0 Å². The number of benzene rings is 1. The van der Waals surface area contributed by atoms with Crippen LogP contribution in [0.1, 0.15) is 42.5 Å².